The first kappa shape index (κ1) is 15.1. The molecule has 1 rings (SSSR count). The van der Waals surface area contributed by atoms with Crippen molar-refractivity contribution >= 4 is 23.5 Å². The molecule has 1 heterocycles. The third-order valence-electron chi connectivity index (χ3n) is 3.19. The average molecular weight is 275 g/mol. The molecule has 0 aliphatic carbocycles. The van der Waals surface area contributed by atoms with Gasteiger partial charge in [0, 0.05) is 19.8 Å². The van der Waals surface area contributed by atoms with Gasteiger partial charge in [0.15, 0.2) is 5.84 Å². The topological polar surface area (TPSA) is 96.9 Å². The van der Waals surface area contributed by atoms with Gasteiger partial charge in [-0.05, 0) is 31.3 Å². The summed E-state index contributed by atoms with van der Waals surface area (Å²) in [6.07, 6.45) is 3.85. The quantitative estimate of drug-likeness (QED) is 0.214. The summed E-state index contributed by atoms with van der Waals surface area (Å²) < 4.78 is 5.24. The van der Waals surface area contributed by atoms with Crippen LogP contribution in [-0.4, -0.2) is 48.7 Å². The van der Waals surface area contributed by atoms with Crippen LogP contribution in [0.5, 0.6) is 0 Å². The summed E-state index contributed by atoms with van der Waals surface area (Å²) in [5.41, 5.74) is 4.78. The number of hydrogen-bond acceptors (Lipinski definition) is 5. The van der Waals surface area contributed by atoms with E-state index in [1.807, 2.05) is 6.26 Å². The highest BCUT2D eigenvalue weighted by atomic mass is 32.2. The Morgan fingerprint density at radius 2 is 2.22 bits per heavy atom. The molecule has 1 saturated heterocycles. The summed E-state index contributed by atoms with van der Waals surface area (Å²) in [6.45, 7) is 1.52. The maximum atomic E-state index is 12.2. The highest BCUT2D eigenvalue weighted by molar-refractivity contribution is 7.98. The maximum Gasteiger partial charge on any atom is 0.234 e. The fraction of sp³-hybridized carbons (Fsp3) is 0.818. The van der Waals surface area contributed by atoms with Crippen molar-refractivity contribution in [2.75, 3.05) is 31.8 Å². The van der Waals surface area contributed by atoms with Gasteiger partial charge in [-0.3, -0.25) is 4.79 Å². The van der Waals surface area contributed by atoms with Crippen LogP contribution in [0.3, 0.4) is 0 Å². The number of carbonyl (C=O) groups excluding carboxylic acids is 1. The minimum atomic E-state index is -0.910. The Kier molecular flexibility index (Phi) is 6.28. The summed E-state index contributed by atoms with van der Waals surface area (Å²) in [6, 6.07) is 0. The summed E-state index contributed by atoms with van der Waals surface area (Å²) >= 11 is 1.74. The normalized spacial score (nSPS) is 19.5. The Balaban J connectivity index is 2.62. The molecule has 0 spiro atoms. The lowest BCUT2D eigenvalue weighted by molar-refractivity contribution is -0.131. The number of amidine groups is 1. The minimum absolute atomic E-state index is 0.0202. The monoisotopic (exact) mass is 275 g/mol. The first-order chi connectivity index (χ1) is 8.67. The average Bonchev–Trinajstić information content (AvgIpc) is 2.43. The van der Waals surface area contributed by atoms with Crippen LogP contribution < -0.4 is 11.1 Å². The fourth-order valence-corrected chi connectivity index (χ4v) is 2.44. The van der Waals surface area contributed by atoms with Crippen LogP contribution in [0.15, 0.2) is 5.16 Å². The van der Waals surface area contributed by atoms with E-state index in [9.17, 15) is 4.79 Å². The Morgan fingerprint density at radius 1 is 1.56 bits per heavy atom. The molecule has 6 nitrogen and oxygen atoms in total. The van der Waals surface area contributed by atoms with Crippen molar-refractivity contribution in [2.24, 2.45) is 16.3 Å². The third kappa shape index (κ3) is 3.52. The molecule has 7 heteroatoms. The van der Waals surface area contributed by atoms with Crippen LogP contribution in [0, 0.1) is 5.41 Å². The van der Waals surface area contributed by atoms with Gasteiger partial charge >= 0.3 is 0 Å². The van der Waals surface area contributed by atoms with Crippen LogP contribution in [0.25, 0.3) is 0 Å². The second-order valence-electron chi connectivity index (χ2n) is 4.28. The van der Waals surface area contributed by atoms with Gasteiger partial charge < -0.3 is 21.0 Å². The zero-order valence-electron chi connectivity index (χ0n) is 10.6. The number of carbonyl (C=O) groups is 1. The van der Waals surface area contributed by atoms with E-state index in [0.29, 0.717) is 32.6 Å². The van der Waals surface area contributed by atoms with E-state index < -0.39 is 5.41 Å². The van der Waals surface area contributed by atoms with Crippen LogP contribution in [0.4, 0.5) is 0 Å². The Bertz CT molecular complexity index is 304. The van der Waals surface area contributed by atoms with Gasteiger partial charge in [-0.15, -0.1) is 0 Å². The van der Waals surface area contributed by atoms with Crippen LogP contribution in [0.2, 0.25) is 0 Å². The Hall–Kier alpha value is -0.950. The molecular weight excluding hydrogens is 254 g/mol. The summed E-state index contributed by atoms with van der Waals surface area (Å²) in [5, 5.41) is 14.7. The number of nitrogens with one attached hydrogen (secondary N) is 1. The predicted octanol–water partition coefficient (Wildman–Crippen LogP) is 0.399. The van der Waals surface area contributed by atoms with Gasteiger partial charge in [-0.1, -0.05) is 5.16 Å². The molecule has 0 unspecified atom stereocenters. The zero-order valence-corrected chi connectivity index (χ0v) is 11.5. The van der Waals surface area contributed by atoms with Gasteiger partial charge in [0.2, 0.25) is 5.91 Å². The maximum absolute atomic E-state index is 12.2. The molecule has 0 aromatic carbocycles. The summed E-state index contributed by atoms with van der Waals surface area (Å²) in [4.78, 5) is 12.2. The lowest BCUT2D eigenvalue weighted by Crippen LogP contribution is -2.52. The molecule has 0 aromatic heterocycles. The first-order valence-electron chi connectivity index (χ1n) is 6.00. The van der Waals surface area contributed by atoms with E-state index in [4.69, 9.17) is 15.7 Å². The van der Waals surface area contributed by atoms with Crippen LogP contribution in [0.1, 0.15) is 19.3 Å². The number of thioether (sulfide) groups is 1. The van der Waals surface area contributed by atoms with E-state index >= 15 is 0 Å². The van der Waals surface area contributed by atoms with Gasteiger partial charge in [0.25, 0.3) is 0 Å². The minimum Gasteiger partial charge on any atom is -0.409 e. The molecule has 1 amide bonds. The second-order valence-corrected chi connectivity index (χ2v) is 5.27. The number of amides is 1. The lowest BCUT2D eigenvalue weighted by Gasteiger charge is -2.34. The molecule has 0 atom stereocenters. The van der Waals surface area contributed by atoms with Gasteiger partial charge in [-0.2, -0.15) is 11.8 Å². The Labute approximate surface area is 111 Å². The van der Waals surface area contributed by atoms with E-state index in [0.717, 1.165) is 12.2 Å². The summed E-state index contributed by atoms with van der Waals surface area (Å²) in [5.74, 6) is 0.815. The number of oxime groups is 1. The largest absolute Gasteiger partial charge is 0.409 e. The van der Waals surface area contributed by atoms with Crippen molar-refractivity contribution in [3.05, 3.63) is 0 Å². The van der Waals surface area contributed by atoms with Crippen molar-refractivity contribution in [2.45, 2.75) is 19.3 Å². The van der Waals surface area contributed by atoms with Crippen LogP contribution >= 0.6 is 11.8 Å². The van der Waals surface area contributed by atoms with Crippen molar-refractivity contribution in [3.8, 4) is 0 Å². The molecule has 0 aromatic rings. The van der Waals surface area contributed by atoms with Crippen LogP contribution in [-0.2, 0) is 9.53 Å². The highest BCUT2D eigenvalue weighted by Gasteiger charge is 2.44. The lowest BCUT2D eigenvalue weighted by atomic mass is 9.78. The molecule has 1 aliphatic rings. The molecule has 1 aliphatic heterocycles. The Morgan fingerprint density at radius 3 is 2.78 bits per heavy atom. The third-order valence-corrected chi connectivity index (χ3v) is 3.89. The van der Waals surface area contributed by atoms with E-state index in [1.165, 1.54) is 0 Å². The molecule has 4 N–H and O–H groups in total. The van der Waals surface area contributed by atoms with Crippen molar-refractivity contribution in [3.63, 3.8) is 0 Å². The molecule has 0 radical (unpaired) electrons. The van der Waals surface area contributed by atoms with Crippen molar-refractivity contribution in [1.29, 1.82) is 0 Å². The van der Waals surface area contributed by atoms with E-state index in [2.05, 4.69) is 10.5 Å². The van der Waals surface area contributed by atoms with E-state index in [-0.39, 0.29) is 11.7 Å². The first-order valence-corrected chi connectivity index (χ1v) is 7.40. The number of rotatable bonds is 6. The molecule has 0 saturated carbocycles. The summed E-state index contributed by atoms with van der Waals surface area (Å²) in [7, 11) is 0. The second kappa shape index (κ2) is 7.48. The van der Waals surface area contributed by atoms with Gasteiger partial charge in [0.1, 0.15) is 5.41 Å². The smallest absolute Gasteiger partial charge is 0.234 e. The standard InChI is InChI=1S/C11H21N3O3S/c1-18-8-2-5-13-10(15)11(9(12)14-16)3-6-17-7-4-11/h16H,2-8H2,1H3,(H2,12,14)(H,13,15). The van der Waals surface area contributed by atoms with Gasteiger partial charge in [-0.25, -0.2) is 0 Å². The molecule has 104 valence electrons. The zero-order chi connectivity index (χ0) is 13.4. The molecule has 0 bridgehead atoms. The molecular formula is C11H21N3O3S. The van der Waals surface area contributed by atoms with Crippen molar-refractivity contribution < 1.29 is 14.7 Å². The predicted molar refractivity (Wildman–Crippen MR) is 71.9 cm³/mol. The number of nitrogens with zero attached hydrogens (tertiary/aromatic N) is 1. The van der Waals surface area contributed by atoms with E-state index in [1.54, 1.807) is 11.8 Å². The molecule has 1 fully saturated rings. The highest BCUT2D eigenvalue weighted by Crippen LogP contribution is 2.31. The molecule has 18 heavy (non-hydrogen) atoms. The van der Waals surface area contributed by atoms with Crippen molar-refractivity contribution in [1.82, 2.24) is 5.32 Å². The van der Waals surface area contributed by atoms with Gasteiger partial charge in [0.05, 0.1) is 0 Å². The number of nitrogens with two attached hydrogens (primary N) is 1. The number of hydrogen-bond donors (Lipinski definition) is 3. The fourth-order valence-electron chi connectivity index (χ4n) is 2.00. The SMILES string of the molecule is CSCCCNC(=O)C1(C(N)=NO)CCOCC1. The number of ether oxygens (including phenoxy) is 1.